The number of oxazole rings is 1. The van der Waals surface area contributed by atoms with Crippen LogP contribution in [0.1, 0.15) is 56.4 Å². The quantitative estimate of drug-likeness (QED) is 0.238. The first-order valence-electron chi connectivity index (χ1n) is 17.4. The number of aliphatic hydroxyl groups excluding tert-OH is 1. The van der Waals surface area contributed by atoms with E-state index in [-0.39, 0.29) is 43.5 Å². The third kappa shape index (κ3) is 10.3. The van der Waals surface area contributed by atoms with E-state index in [1.165, 1.54) is 17.2 Å². The van der Waals surface area contributed by atoms with Gasteiger partial charge in [-0.25, -0.2) is 19.6 Å². The second kappa shape index (κ2) is 17.6. The number of para-hydroxylation sites is 1. The average Bonchev–Trinajstić information content (AvgIpc) is 3.80. The molecule has 0 spiro atoms. The van der Waals surface area contributed by atoms with E-state index in [9.17, 15) is 24.3 Å². The van der Waals surface area contributed by atoms with Crippen molar-refractivity contribution in [2.75, 3.05) is 25.0 Å². The maximum Gasteiger partial charge on any atom is 0.412 e. The lowest BCUT2D eigenvalue weighted by molar-refractivity contribution is -0.159. The summed E-state index contributed by atoms with van der Waals surface area (Å²) >= 11 is 0. The van der Waals surface area contributed by atoms with E-state index in [1.807, 2.05) is 37.3 Å². The summed E-state index contributed by atoms with van der Waals surface area (Å²) in [4.78, 5) is 63.0. The van der Waals surface area contributed by atoms with Crippen LogP contribution < -0.4 is 10.6 Å². The summed E-state index contributed by atoms with van der Waals surface area (Å²) in [5, 5.41) is 16.9. The highest BCUT2D eigenvalue weighted by Crippen LogP contribution is 2.26. The molecule has 3 amide bonds. The summed E-state index contributed by atoms with van der Waals surface area (Å²) in [7, 11) is 0. The number of esters is 1. The minimum atomic E-state index is -0.876. The van der Waals surface area contributed by atoms with Gasteiger partial charge in [0.25, 0.3) is 5.91 Å². The number of pyridine rings is 1. The van der Waals surface area contributed by atoms with E-state index in [1.54, 1.807) is 44.2 Å². The summed E-state index contributed by atoms with van der Waals surface area (Å²) < 4.78 is 17.2. The highest BCUT2D eigenvalue weighted by Gasteiger charge is 2.39. The molecule has 2 aliphatic rings. The van der Waals surface area contributed by atoms with E-state index in [0.29, 0.717) is 36.3 Å². The summed E-state index contributed by atoms with van der Waals surface area (Å²) in [5.74, 6) is -1.86. The third-order valence-corrected chi connectivity index (χ3v) is 8.87. The fraction of sp³-hybridized carbons (Fsp3) is 0.385. The van der Waals surface area contributed by atoms with Crippen molar-refractivity contribution in [3.8, 4) is 0 Å². The van der Waals surface area contributed by atoms with Crippen molar-refractivity contribution in [2.24, 2.45) is 11.8 Å². The van der Waals surface area contributed by atoms with Crippen LogP contribution in [-0.4, -0.2) is 81.8 Å². The topological polar surface area (TPSA) is 173 Å². The number of benzene rings is 1. The fourth-order valence-corrected chi connectivity index (χ4v) is 6.24. The van der Waals surface area contributed by atoms with Gasteiger partial charge in [-0.05, 0) is 50.5 Å². The summed E-state index contributed by atoms with van der Waals surface area (Å²) in [6.45, 7) is 9.87. The minimum absolute atomic E-state index is 0.0508. The third-order valence-electron chi connectivity index (χ3n) is 8.87. The van der Waals surface area contributed by atoms with Gasteiger partial charge in [-0.3, -0.25) is 14.9 Å². The molecule has 5 rings (SSSR count). The zero-order valence-corrected chi connectivity index (χ0v) is 29.6. The predicted molar refractivity (Wildman–Crippen MR) is 194 cm³/mol. The van der Waals surface area contributed by atoms with Gasteiger partial charge in [0.1, 0.15) is 24.2 Å². The fourth-order valence-electron chi connectivity index (χ4n) is 6.24. The van der Waals surface area contributed by atoms with Gasteiger partial charge in [-0.15, -0.1) is 0 Å². The van der Waals surface area contributed by atoms with Gasteiger partial charge in [-0.2, -0.15) is 0 Å². The standard InChI is InChI=1S/C39H45N5O8/c1-24-9-7-17-40-34(46)16-13-26(3)36(27(4)22-51-39(49)43-33-15-14-28-10-5-6-11-30(28)41-33)52-38(48)32-12-8-18-44(32)37(47)31-23-50-35(42-31)21-25(2)20-29(45)19-24/h5-7,9-11,13-16,19,23,26-27,29,32,36,45H,2,8,12,17-18,20-22H2,1,3-4H3,(H,40,46)(H,41,43,49)/b9-7+,16-13+,24-19+. The van der Waals surface area contributed by atoms with Gasteiger partial charge < -0.3 is 29.2 Å². The Hall–Kier alpha value is -5.56. The smallest absolute Gasteiger partial charge is 0.412 e. The van der Waals surface area contributed by atoms with Crippen LogP contribution in [0.2, 0.25) is 0 Å². The molecule has 52 heavy (non-hydrogen) atoms. The average molecular weight is 712 g/mol. The molecule has 2 bridgehead atoms. The molecule has 0 aliphatic carbocycles. The monoisotopic (exact) mass is 711 g/mol. The van der Waals surface area contributed by atoms with Gasteiger partial charge in [0.2, 0.25) is 5.91 Å². The molecule has 13 heteroatoms. The lowest BCUT2D eigenvalue weighted by atomic mass is 9.93. The van der Waals surface area contributed by atoms with E-state index in [0.717, 1.165) is 11.0 Å². The maximum atomic E-state index is 13.8. The number of amides is 3. The minimum Gasteiger partial charge on any atom is -0.460 e. The second-order valence-electron chi connectivity index (χ2n) is 13.2. The molecular formula is C39H45N5O8. The molecule has 13 nitrogen and oxygen atoms in total. The van der Waals surface area contributed by atoms with Crippen molar-refractivity contribution in [2.45, 2.75) is 64.7 Å². The Morgan fingerprint density at radius 3 is 2.81 bits per heavy atom. The van der Waals surface area contributed by atoms with Crippen molar-refractivity contribution in [1.82, 2.24) is 20.2 Å². The molecule has 0 radical (unpaired) electrons. The second-order valence-corrected chi connectivity index (χ2v) is 13.2. The number of nitrogens with one attached hydrogen (secondary N) is 2. The van der Waals surface area contributed by atoms with Gasteiger partial charge in [-0.1, -0.05) is 74.1 Å². The molecule has 0 saturated carbocycles. The highest BCUT2D eigenvalue weighted by molar-refractivity contribution is 5.95. The van der Waals surface area contributed by atoms with Crippen LogP contribution in [0, 0.1) is 11.8 Å². The molecule has 3 N–H and O–H groups in total. The zero-order valence-electron chi connectivity index (χ0n) is 29.6. The number of ether oxygens (including phenoxy) is 2. The van der Waals surface area contributed by atoms with E-state index in [4.69, 9.17) is 13.9 Å². The van der Waals surface area contributed by atoms with Crippen LogP contribution in [0.3, 0.4) is 0 Å². The van der Waals surface area contributed by atoms with Crippen LogP contribution in [0.4, 0.5) is 10.6 Å². The number of aromatic nitrogens is 2. The molecule has 4 heterocycles. The number of cyclic esters (lactones) is 1. The number of fused-ring (bicyclic) bond motifs is 4. The maximum absolute atomic E-state index is 13.8. The molecule has 274 valence electrons. The Balaban J connectivity index is 1.32. The molecule has 2 aliphatic heterocycles. The number of carbonyl (C=O) groups excluding carboxylic acids is 4. The Kier molecular flexibility index (Phi) is 12.7. The van der Waals surface area contributed by atoms with E-state index < -0.39 is 48.1 Å². The number of hydrogen-bond donors (Lipinski definition) is 3. The Bertz CT molecular complexity index is 1880. The van der Waals surface area contributed by atoms with Crippen LogP contribution in [0.15, 0.2) is 95.2 Å². The number of aliphatic hydroxyl groups is 1. The summed E-state index contributed by atoms with van der Waals surface area (Å²) in [6.07, 6.45) is 8.57. The van der Waals surface area contributed by atoms with Gasteiger partial charge in [0, 0.05) is 36.7 Å². The largest absolute Gasteiger partial charge is 0.460 e. The SMILES string of the molecule is C=C1Cc2nc(co2)C(=O)N2CCCC2C(=O)OC(C(C)COC(=O)Nc2ccc3ccccc3n2)C(C)/C=C/C(=O)NC/C=C/C(C)=C/C(O)C1. The number of nitrogens with zero attached hydrogens (tertiary/aromatic N) is 3. The molecule has 3 aromatic rings. The molecule has 1 saturated heterocycles. The highest BCUT2D eigenvalue weighted by atomic mass is 16.6. The van der Waals surface area contributed by atoms with Crippen LogP contribution in [0.25, 0.3) is 10.9 Å². The first-order chi connectivity index (χ1) is 25.0. The Labute approximate surface area is 302 Å². The lowest BCUT2D eigenvalue weighted by Gasteiger charge is -2.30. The first kappa shape index (κ1) is 37.7. The molecular weight excluding hydrogens is 666 g/mol. The first-order valence-corrected chi connectivity index (χ1v) is 17.4. The summed E-state index contributed by atoms with van der Waals surface area (Å²) in [6, 6.07) is 10.2. The van der Waals surface area contributed by atoms with Crippen molar-refractivity contribution >= 4 is 40.6 Å². The predicted octanol–water partition coefficient (Wildman–Crippen LogP) is 5.30. The number of hydrogen-bond acceptors (Lipinski definition) is 10. The normalized spacial score (nSPS) is 25.2. The van der Waals surface area contributed by atoms with Crippen molar-refractivity contribution in [3.05, 3.63) is 102 Å². The molecule has 1 aromatic carbocycles. The zero-order chi connectivity index (χ0) is 37.2. The van der Waals surface area contributed by atoms with Crippen molar-refractivity contribution in [3.63, 3.8) is 0 Å². The lowest BCUT2D eigenvalue weighted by Crippen LogP contribution is -2.44. The number of anilines is 1. The van der Waals surface area contributed by atoms with Gasteiger partial charge >= 0.3 is 12.1 Å². The van der Waals surface area contributed by atoms with Crippen LogP contribution in [-0.2, 0) is 25.5 Å². The molecule has 5 unspecified atom stereocenters. The molecule has 2 aromatic heterocycles. The van der Waals surface area contributed by atoms with E-state index >= 15 is 0 Å². The Morgan fingerprint density at radius 2 is 1.98 bits per heavy atom. The van der Waals surface area contributed by atoms with Crippen LogP contribution >= 0.6 is 0 Å². The van der Waals surface area contributed by atoms with Crippen molar-refractivity contribution < 1.29 is 38.2 Å². The number of carbonyl (C=O) groups is 4. The summed E-state index contributed by atoms with van der Waals surface area (Å²) in [5.41, 5.74) is 2.22. The van der Waals surface area contributed by atoms with Crippen molar-refractivity contribution in [1.29, 1.82) is 0 Å². The van der Waals surface area contributed by atoms with Gasteiger partial charge in [0.15, 0.2) is 11.6 Å². The van der Waals surface area contributed by atoms with Crippen LogP contribution in [0.5, 0.6) is 0 Å². The molecule has 5 atom stereocenters. The van der Waals surface area contributed by atoms with E-state index in [2.05, 4.69) is 27.2 Å². The van der Waals surface area contributed by atoms with Gasteiger partial charge in [0.05, 0.1) is 18.2 Å². The Morgan fingerprint density at radius 1 is 1.17 bits per heavy atom. The number of allylic oxidation sites excluding steroid dienone is 2. The number of rotatable bonds is 4. The molecule has 1 fully saturated rings.